The van der Waals surface area contributed by atoms with Gasteiger partial charge in [-0.3, -0.25) is 0 Å². The molecule has 0 aliphatic rings. The first kappa shape index (κ1) is 23.4. The summed E-state index contributed by atoms with van der Waals surface area (Å²) in [5.74, 6) is 1.44. The predicted octanol–water partition coefficient (Wildman–Crippen LogP) is 7.61. The molecule has 0 fully saturated rings. The maximum Gasteiger partial charge on any atom is 0.0347 e. The van der Waals surface area contributed by atoms with Crippen LogP contribution < -0.4 is 0 Å². The Labute approximate surface area is 146 Å². The van der Waals surface area contributed by atoms with E-state index in [0.717, 1.165) is 38.0 Å². The molecule has 0 saturated carbocycles. The molecule has 0 amide bonds. The Balaban J connectivity index is 0. The molecule has 2 atom stereocenters. The van der Waals surface area contributed by atoms with Gasteiger partial charge in [-0.15, -0.1) is 46.4 Å². The lowest BCUT2D eigenvalue weighted by atomic mass is 10.1. The third-order valence-corrected chi connectivity index (χ3v) is 4.42. The Morgan fingerprint density at radius 2 is 1.10 bits per heavy atom. The fourth-order valence-corrected chi connectivity index (χ4v) is 2.85. The molecule has 0 aromatic heterocycles. The summed E-state index contributed by atoms with van der Waals surface area (Å²) in [7, 11) is 0. The molecule has 2 unspecified atom stereocenters. The minimum absolute atomic E-state index is 0.309. The van der Waals surface area contributed by atoms with Crippen LogP contribution in [0.1, 0.15) is 78.1 Å². The molecular formula is C16H32Cl4. The van der Waals surface area contributed by atoms with E-state index in [1.807, 2.05) is 0 Å². The van der Waals surface area contributed by atoms with Gasteiger partial charge in [-0.2, -0.15) is 0 Å². The number of hydrogen-bond acceptors (Lipinski definition) is 0. The van der Waals surface area contributed by atoms with Crippen molar-refractivity contribution in [3.8, 4) is 0 Å². The van der Waals surface area contributed by atoms with Gasteiger partial charge in [-0.1, -0.05) is 46.0 Å². The lowest BCUT2D eigenvalue weighted by Crippen LogP contribution is -1.98. The highest BCUT2D eigenvalue weighted by atomic mass is 35.5. The second-order valence-corrected chi connectivity index (χ2v) is 7.13. The van der Waals surface area contributed by atoms with Crippen molar-refractivity contribution in [1.82, 2.24) is 0 Å². The Morgan fingerprint density at radius 3 is 1.60 bits per heavy atom. The Morgan fingerprint density at radius 1 is 0.600 bits per heavy atom. The van der Waals surface area contributed by atoms with Crippen LogP contribution in [0, 0.1) is 0 Å². The number of halogens is 4. The van der Waals surface area contributed by atoms with Crippen LogP contribution in [0.4, 0.5) is 0 Å². The fourth-order valence-electron chi connectivity index (χ4n) is 1.75. The average Bonchev–Trinajstić information content (AvgIpc) is 2.44. The molecule has 0 aromatic rings. The first-order chi connectivity index (χ1) is 9.62. The molecule has 0 spiro atoms. The topological polar surface area (TPSA) is 0 Å². The maximum absolute atomic E-state index is 5.98. The number of rotatable bonds is 12. The third kappa shape index (κ3) is 21.5. The van der Waals surface area contributed by atoms with Crippen LogP contribution in [-0.4, -0.2) is 22.5 Å². The third-order valence-electron chi connectivity index (χ3n) is 3.07. The van der Waals surface area contributed by atoms with E-state index in [4.69, 9.17) is 46.4 Å². The summed E-state index contributed by atoms with van der Waals surface area (Å²) in [6.45, 7) is 4.38. The molecule has 0 N–H and O–H groups in total. The van der Waals surface area contributed by atoms with E-state index in [1.165, 1.54) is 32.1 Å². The summed E-state index contributed by atoms with van der Waals surface area (Å²) in [5.41, 5.74) is 0. The van der Waals surface area contributed by atoms with Crippen LogP contribution in [0.2, 0.25) is 0 Å². The van der Waals surface area contributed by atoms with E-state index >= 15 is 0 Å². The van der Waals surface area contributed by atoms with Crippen molar-refractivity contribution in [2.24, 2.45) is 0 Å². The normalized spacial score (nSPS) is 13.5. The smallest absolute Gasteiger partial charge is 0.0347 e. The molecule has 0 aliphatic heterocycles. The molecule has 124 valence electrons. The quantitative estimate of drug-likeness (QED) is 0.246. The first-order valence-corrected chi connectivity index (χ1v) is 9.96. The van der Waals surface area contributed by atoms with Gasteiger partial charge in [0.2, 0.25) is 0 Å². The number of unbranched alkanes of at least 4 members (excludes halogenated alkanes) is 3. The van der Waals surface area contributed by atoms with Crippen molar-refractivity contribution in [1.29, 1.82) is 0 Å². The summed E-state index contributed by atoms with van der Waals surface area (Å²) in [4.78, 5) is 0. The minimum Gasteiger partial charge on any atom is -0.127 e. The van der Waals surface area contributed by atoms with E-state index in [9.17, 15) is 0 Å². The van der Waals surface area contributed by atoms with Crippen LogP contribution in [-0.2, 0) is 0 Å². The Bertz CT molecular complexity index is 157. The van der Waals surface area contributed by atoms with Gasteiger partial charge >= 0.3 is 0 Å². The molecule has 4 heteroatoms. The van der Waals surface area contributed by atoms with E-state index in [0.29, 0.717) is 16.6 Å². The van der Waals surface area contributed by atoms with Crippen molar-refractivity contribution in [3.63, 3.8) is 0 Å². The lowest BCUT2D eigenvalue weighted by molar-refractivity contribution is 0.632. The van der Waals surface area contributed by atoms with Crippen LogP contribution >= 0.6 is 46.4 Å². The van der Waals surface area contributed by atoms with Gasteiger partial charge in [0.05, 0.1) is 0 Å². The Kier molecular flexibility index (Phi) is 23.6. The molecule has 0 rings (SSSR count). The van der Waals surface area contributed by atoms with Crippen molar-refractivity contribution in [3.05, 3.63) is 0 Å². The van der Waals surface area contributed by atoms with Gasteiger partial charge < -0.3 is 0 Å². The summed E-state index contributed by atoms with van der Waals surface area (Å²) >= 11 is 23.0. The predicted molar refractivity (Wildman–Crippen MR) is 98.2 cm³/mol. The standard InChI is InChI=1S/2C8H16Cl2/c1-2-3-5-8(10)6-4-7-9;1-2-3-4-5-8(10)6-7-9/h2*8H,2-7H2,1H3. The molecule has 0 heterocycles. The van der Waals surface area contributed by atoms with Crippen LogP contribution in [0.5, 0.6) is 0 Å². The average molecular weight is 366 g/mol. The van der Waals surface area contributed by atoms with E-state index in [-0.39, 0.29) is 0 Å². The van der Waals surface area contributed by atoms with E-state index in [2.05, 4.69) is 13.8 Å². The second kappa shape index (κ2) is 20.2. The first-order valence-electron chi connectivity index (χ1n) is 8.02. The highest BCUT2D eigenvalue weighted by Gasteiger charge is 2.02. The number of alkyl halides is 4. The largest absolute Gasteiger partial charge is 0.127 e. The van der Waals surface area contributed by atoms with Gasteiger partial charge in [0.15, 0.2) is 0 Å². The zero-order valence-corrected chi connectivity index (χ0v) is 16.2. The summed E-state index contributed by atoms with van der Waals surface area (Å²) in [6.07, 6.45) is 11.7. The number of hydrogen-bond donors (Lipinski definition) is 0. The molecule has 20 heavy (non-hydrogen) atoms. The molecule has 0 aromatic carbocycles. The molecule has 0 nitrogen and oxygen atoms in total. The highest BCUT2D eigenvalue weighted by Crippen LogP contribution is 2.13. The minimum atomic E-state index is 0.309. The van der Waals surface area contributed by atoms with Gasteiger partial charge in [-0.25, -0.2) is 0 Å². The maximum atomic E-state index is 5.98. The highest BCUT2D eigenvalue weighted by molar-refractivity contribution is 6.22. The van der Waals surface area contributed by atoms with E-state index in [1.54, 1.807) is 0 Å². The van der Waals surface area contributed by atoms with Crippen molar-refractivity contribution in [2.45, 2.75) is 88.8 Å². The van der Waals surface area contributed by atoms with Crippen molar-refractivity contribution >= 4 is 46.4 Å². The molecule has 0 radical (unpaired) electrons. The van der Waals surface area contributed by atoms with Gasteiger partial charge in [0, 0.05) is 22.5 Å². The zero-order valence-electron chi connectivity index (χ0n) is 13.2. The summed E-state index contributed by atoms with van der Waals surface area (Å²) < 4.78 is 0. The van der Waals surface area contributed by atoms with E-state index < -0.39 is 0 Å². The van der Waals surface area contributed by atoms with Gasteiger partial charge in [0.25, 0.3) is 0 Å². The van der Waals surface area contributed by atoms with Gasteiger partial charge in [0.1, 0.15) is 0 Å². The summed E-state index contributed by atoms with van der Waals surface area (Å²) in [5, 5.41) is 0.669. The van der Waals surface area contributed by atoms with Crippen molar-refractivity contribution in [2.75, 3.05) is 11.8 Å². The van der Waals surface area contributed by atoms with Gasteiger partial charge in [-0.05, 0) is 32.1 Å². The van der Waals surface area contributed by atoms with Crippen LogP contribution in [0.25, 0.3) is 0 Å². The van der Waals surface area contributed by atoms with Crippen LogP contribution in [0.3, 0.4) is 0 Å². The zero-order chi connectivity index (χ0) is 15.6. The lowest BCUT2D eigenvalue weighted by Gasteiger charge is -2.05. The monoisotopic (exact) mass is 364 g/mol. The molecule has 0 saturated heterocycles. The van der Waals surface area contributed by atoms with Crippen molar-refractivity contribution < 1.29 is 0 Å². The molecule has 0 bridgehead atoms. The molecule has 0 aliphatic carbocycles. The molecular weight excluding hydrogens is 334 g/mol. The van der Waals surface area contributed by atoms with Crippen LogP contribution in [0.15, 0.2) is 0 Å². The Hall–Kier alpha value is 1.16. The second-order valence-electron chi connectivity index (χ2n) is 5.14. The fraction of sp³-hybridized carbons (Fsp3) is 1.00. The SMILES string of the molecule is CCCCC(Cl)CCCCl.CCCCCC(Cl)CCCl. The summed E-state index contributed by atoms with van der Waals surface area (Å²) in [6, 6.07) is 0.